The number of hydrogen-bond acceptors (Lipinski definition) is 2. The molecule has 0 bridgehead atoms. The van der Waals surface area contributed by atoms with Gasteiger partial charge >= 0.3 is 0 Å². The minimum Gasteiger partial charge on any atom is -0.397 e. The Hall–Kier alpha value is -1.87. The maximum Gasteiger partial charge on any atom is 0.0749 e. The second-order valence-electron chi connectivity index (χ2n) is 3.78. The molecular weight excluding hydrogens is 222 g/mol. The van der Waals surface area contributed by atoms with Gasteiger partial charge in [0.1, 0.15) is 0 Å². The van der Waals surface area contributed by atoms with Gasteiger partial charge in [-0.1, -0.05) is 29.8 Å². The molecule has 0 saturated carbocycles. The van der Waals surface area contributed by atoms with E-state index in [4.69, 9.17) is 23.1 Å². The number of hydrogen-bond donors (Lipinski definition) is 3. The van der Waals surface area contributed by atoms with Crippen molar-refractivity contribution >= 4 is 44.8 Å². The Morgan fingerprint density at radius 3 is 2.50 bits per heavy atom. The van der Waals surface area contributed by atoms with E-state index in [1.165, 1.54) is 0 Å². The molecule has 3 nitrogen and oxygen atoms in total. The molecule has 5 N–H and O–H groups in total. The summed E-state index contributed by atoms with van der Waals surface area (Å²) in [7, 11) is 0. The van der Waals surface area contributed by atoms with Crippen molar-refractivity contribution in [2.24, 2.45) is 0 Å². The van der Waals surface area contributed by atoms with Crippen LogP contribution < -0.4 is 11.5 Å². The highest BCUT2D eigenvalue weighted by molar-refractivity contribution is 6.35. The standard InChI is InChI=1S/C12H10ClN3/c13-8-5-4-7-6-2-1-3-9(14)11(6)16-12(7)10(8)15/h1-5,16H,14-15H2. The van der Waals surface area contributed by atoms with E-state index in [2.05, 4.69) is 4.98 Å². The smallest absolute Gasteiger partial charge is 0.0749 e. The molecule has 0 amide bonds. The summed E-state index contributed by atoms with van der Waals surface area (Å²) in [5.74, 6) is 0. The van der Waals surface area contributed by atoms with Crippen LogP contribution in [0.2, 0.25) is 5.02 Å². The van der Waals surface area contributed by atoms with Crippen LogP contribution >= 0.6 is 11.6 Å². The molecular formula is C12H10ClN3. The summed E-state index contributed by atoms with van der Waals surface area (Å²) in [5, 5.41) is 2.67. The highest BCUT2D eigenvalue weighted by Crippen LogP contribution is 2.34. The van der Waals surface area contributed by atoms with Crippen molar-refractivity contribution in [3.8, 4) is 0 Å². The van der Waals surface area contributed by atoms with Gasteiger partial charge < -0.3 is 16.5 Å². The van der Waals surface area contributed by atoms with Gasteiger partial charge in [0.15, 0.2) is 0 Å². The van der Waals surface area contributed by atoms with Crippen LogP contribution in [0.5, 0.6) is 0 Å². The molecule has 0 aliphatic heterocycles. The highest BCUT2D eigenvalue weighted by atomic mass is 35.5. The van der Waals surface area contributed by atoms with Crippen molar-refractivity contribution in [2.75, 3.05) is 11.5 Å². The predicted molar refractivity (Wildman–Crippen MR) is 69.6 cm³/mol. The fraction of sp³-hybridized carbons (Fsp3) is 0. The molecule has 1 heterocycles. The first-order valence-electron chi connectivity index (χ1n) is 4.92. The number of nitrogens with two attached hydrogens (primary N) is 2. The molecule has 1 aromatic heterocycles. The van der Waals surface area contributed by atoms with Crippen LogP contribution in [0.1, 0.15) is 0 Å². The summed E-state index contributed by atoms with van der Waals surface area (Å²) in [6.07, 6.45) is 0. The zero-order valence-electron chi connectivity index (χ0n) is 8.42. The first-order valence-corrected chi connectivity index (χ1v) is 5.30. The van der Waals surface area contributed by atoms with E-state index >= 15 is 0 Å². The summed E-state index contributed by atoms with van der Waals surface area (Å²) in [5.41, 5.74) is 14.9. The second-order valence-corrected chi connectivity index (χ2v) is 4.19. The summed E-state index contributed by atoms with van der Waals surface area (Å²) in [6, 6.07) is 9.55. The average Bonchev–Trinajstić information content (AvgIpc) is 2.65. The van der Waals surface area contributed by atoms with E-state index in [0.717, 1.165) is 21.8 Å². The lowest BCUT2D eigenvalue weighted by atomic mass is 10.1. The molecule has 2 aromatic carbocycles. The molecule has 4 heteroatoms. The quantitative estimate of drug-likeness (QED) is 0.521. The van der Waals surface area contributed by atoms with Crippen molar-refractivity contribution in [3.63, 3.8) is 0 Å². The van der Waals surface area contributed by atoms with Crippen LogP contribution in [0.25, 0.3) is 21.8 Å². The van der Waals surface area contributed by atoms with E-state index in [9.17, 15) is 0 Å². The molecule has 0 fully saturated rings. The number of para-hydroxylation sites is 1. The molecule has 0 saturated heterocycles. The molecule has 80 valence electrons. The Bertz CT molecular complexity index is 700. The number of benzene rings is 2. The SMILES string of the molecule is Nc1cccc2c1[nH]c1c(N)c(Cl)ccc12. The van der Waals surface area contributed by atoms with Gasteiger partial charge in [0.2, 0.25) is 0 Å². The molecule has 0 unspecified atom stereocenters. The fourth-order valence-electron chi connectivity index (χ4n) is 2.01. The fourth-order valence-corrected chi connectivity index (χ4v) is 2.17. The molecule has 3 rings (SSSR count). The van der Waals surface area contributed by atoms with Gasteiger partial charge in [-0.05, 0) is 12.1 Å². The van der Waals surface area contributed by atoms with E-state index in [1.54, 1.807) is 6.07 Å². The van der Waals surface area contributed by atoms with Gasteiger partial charge in [-0.3, -0.25) is 0 Å². The van der Waals surface area contributed by atoms with Crippen LogP contribution in [-0.2, 0) is 0 Å². The first-order chi connectivity index (χ1) is 7.68. The average molecular weight is 232 g/mol. The number of nitrogen functional groups attached to an aromatic ring is 2. The van der Waals surface area contributed by atoms with Crippen LogP contribution in [0.15, 0.2) is 30.3 Å². The lowest BCUT2D eigenvalue weighted by Crippen LogP contribution is -1.87. The number of fused-ring (bicyclic) bond motifs is 3. The normalized spacial score (nSPS) is 11.3. The Labute approximate surface area is 97.0 Å². The van der Waals surface area contributed by atoms with Crippen molar-refractivity contribution in [1.29, 1.82) is 0 Å². The lowest BCUT2D eigenvalue weighted by Gasteiger charge is -1.98. The number of aromatic nitrogens is 1. The maximum absolute atomic E-state index is 5.98. The lowest BCUT2D eigenvalue weighted by molar-refractivity contribution is 1.54. The monoisotopic (exact) mass is 231 g/mol. The van der Waals surface area contributed by atoms with E-state index in [-0.39, 0.29) is 0 Å². The zero-order valence-corrected chi connectivity index (χ0v) is 9.18. The topological polar surface area (TPSA) is 67.8 Å². The van der Waals surface area contributed by atoms with Crippen LogP contribution in [0.3, 0.4) is 0 Å². The van der Waals surface area contributed by atoms with Crippen molar-refractivity contribution < 1.29 is 0 Å². The number of aromatic amines is 1. The van der Waals surface area contributed by atoms with E-state index in [0.29, 0.717) is 16.4 Å². The number of anilines is 2. The second kappa shape index (κ2) is 3.06. The molecule has 0 aliphatic rings. The largest absolute Gasteiger partial charge is 0.397 e. The number of rotatable bonds is 0. The maximum atomic E-state index is 5.98. The number of H-pyrrole nitrogens is 1. The van der Waals surface area contributed by atoms with Gasteiger partial charge in [0.05, 0.1) is 27.4 Å². The Kier molecular flexibility index (Phi) is 1.79. The Morgan fingerprint density at radius 2 is 1.69 bits per heavy atom. The number of halogens is 1. The minimum absolute atomic E-state index is 0.553. The van der Waals surface area contributed by atoms with Crippen LogP contribution in [0, 0.1) is 0 Å². The third kappa shape index (κ3) is 1.09. The molecule has 0 atom stereocenters. The van der Waals surface area contributed by atoms with Gasteiger partial charge in [-0.15, -0.1) is 0 Å². The molecule has 3 aromatic rings. The zero-order chi connectivity index (χ0) is 11.3. The Morgan fingerprint density at radius 1 is 0.938 bits per heavy atom. The third-order valence-corrected chi connectivity index (χ3v) is 3.16. The summed E-state index contributed by atoms with van der Waals surface area (Å²) < 4.78 is 0. The number of nitrogens with one attached hydrogen (secondary N) is 1. The van der Waals surface area contributed by atoms with Gasteiger partial charge in [0.25, 0.3) is 0 Å². The van der Waals surface area contributed by atoms with E-state index < -0.39 is 0 Å². The minimum atomic E-state index is 0.553. The summed E-state index contributed by atoms with van der Waals surface area (Å²) >= 11 is 5.98. The van der Waals surface area contributed by atoms with Crippen molar-refractivity contribution in [1.82, 2.24) is 4.98 Å². The molecule has 0 radical (unpaired) electrons. The van der Waals surface area contributed by atoms with Crippen molar-refractivity contribution in [3.05, 3.63) is 35.4 Å². The van der Waals surface area contributed by atoms with E-state index in [1.807, 2.05) is 24.3 Å². The first kappa shape index (κ1) is 9.36. The van der Waals surface area contributed by atoms with Crippen molar-refractivity contribution in [2.45, 2.75) is 0 Å². The van der Waals surface area contributed by atoms with Gasteiger partial charge in [0, 0.05) is 10.8 Å². The molecule has 0 aliphatic carbocycles. The third-order valence-electron chi connectivity index (χ3n) is 2.83. The van der Waals surface area contributed by atoms with Gasteiger partial charge in [-0.25, -0.2) is 0 Å². The molecule has 0 spiro atoms. The predicted octanol–water partition coefficient (Wildman–Crippen LogP) is 3.14. The molecule has 16 heavy (non-hydrogen) atoms. The highest BCUT2D eigenvalue weighted by Gasteiger charge is 2.10. The van der Waals surface area contributed by atoms with Crippen LogP contribution in [0.4, 0.5) is 11.4 Å². The Balaban J connectivity index is 2.60. The van der Waals surface area contributed by atoms with Gasteiger partial charge in [-0.2, -0.15) is 0 Å². The van der Waals surface area contributed by atoms with Crippen LogP contribution in [-0.4, -0.2) is 4.98 Å². The summed E-state index contributed by atoms with van der Waals surface area (Å²) in [4.78, 5) is 3.22. The summed E-state index contributed by atoms with van der Waals surface area (Å²) in [6.45, 7) is 0.